The highest BCUT2D eigenvalue weighted by atomic mass is 16.1. The molecule has 0 radical (unpaired) electrons. The van der Waals surface area contributed by atoms with E-state index in [-0.39, 0.29) is 11.8 Å². The minimum atomic E-state index is 0.240. The van der Waals surface area contributed by atoms with Gasteiger partial charge in [0.15, 0.2) is 0 Å². The van der Waals surface area contributed by atoms with Gasteiger partial charge >= 0.3 is 0 Å². The molecule has 1 saturated carbocycles. The van der Waals surface area contributed by atoms with Crippen LogP contribution in [-0.4, -0.2) is 56.9 Å². The number of hydrogen-bond acceptors (Lipinski definition) is 3. The Labute approximate surface area is 132 Å². The average molecular weight is 296 g/mol. The number of carbonyl (C=O) groups is 1. The lowest BCUT2D eigenvalue weighted by Gasteiger charge is -2.27. The molecule has 124 valence electrons. The van der Waals surface area contributed by atoms with Crippen molar-refractivity contribution in [3.8, 4) is 0 Å². The van der Waals surface area contributed by atoms with Gasteiger partial charge in [0, 0.05) is 24.9 Å². The number of hydrogen-bond donors (Lipinski definition) is 0. The molecule has 1 rings (SSSR count). The molecule has 0 N–H and O–H groups in total. The van der Waals surface area contributed by atoms with Crippen LogP contribution in [0.2, 0.25) is 0 Å². The largest absolute Gasteiger partial charge is 0.309 e. The van der Waals surface area contributed by atoms with E-state index in [2.05, 4.69) is 38.0 Å². The molecule has 1 fully saturated rings. The van der Waals surface area contributed by atoms with E-state index in [1.807, 2.05) is 0 Å². The van der Waals surface area contributed by atoms with Crippen LogP contribution in [0.4, 0.5) is 0 Å². The first-order chi connectivity index (χ1) is 10.0. The molecule has 0 aromatic carbocycles. The topological polar surface area (TPSA) is 23.6 Å². The molecule has 3 nitrogen and oxygen atoms in total. The highest BCUT2D eigenvalue weighted by Crippen LogP contribution is 2.23. The molecule has 0 saturated heterocycles. The molecule has 0 unspecified atom stereocenters. The lowest BCUT2D eigenvalue weighted by atomic mass is 9.84. The maximum Gasteiger partial charge on any atom is 0.141 e. The molecule has 0 spiro atoms. The van der Waals surface area contributed by atoms with Crippen LogP contribution in [0, 0.1) is 11.8 Å². The summed E-state index contributed by atoms with van der Waals surface area (Å²) in [5, 5.41) is 0. The van der Waals surface area contributed by atoms with Gasteiger partial charge in [0.1, 0.15) is 5.78 Å². The third-order valence-corrected chi connectivity index (χ3v) is 4.58. The van der Waals surface area contributed by atoms with Gasteiger partial charge in [0.25, 0.3) is 0 Å². The van der Waals surface area contributed by atoms with Crippen molar-refractivity contribution in [3.63, 3.8) is 0 Å². The van der Waals surface area contributed by atoms with Crippen LogP contribution in [0.1, 0.15) is 57.8 Å². The van der Waals surface area contributed by atoms with Crippen molar-refractivity contribution in [2.45, 2.75) is 57.8 Å². The van der Waals surface area contributed by atoms with Gasteiger partial charge in [-0.2, -0.15) is 0 Å². The van der Waals surface area contributed by atoms with E-state index in [0.717, 1.165) is 25.9 Å². The third-order valence-electron chi connectivity index (χ3n) is 4.58. The molecular weight excluding hydrogens is 260 g/mol. The predicted octanol–water partition coefficient (Wildman–Crippen LogP) is 3.44. The molecule has 0 amide bonds. The fourth-order valence-electron chi connectivity index (χ4n) is 3.53. The number of ketones is 1. The first-order valence-corrected chi connectivity index (χ1v) is 8.84. The van der Waals surface area contributed by atoms with Crippen LogP contribution < -0.4 is 0 Å². The summed E-state index contributed by atoms with van der Waals surface area (Å²) in [6.45, 7) is 1.84. The van der Waals surface area contributed by atoms with Gasteiger partial charge in [-0.1, -0.05) is 44.9 Å². The second-order valence-electron chi connectivity index (χ2n) is 7.37. The Kier molecular flexibility index (Phi) is 9.18. The fourth-order valence-corrected chi connectivity index (χ4v) is 3.53. The Morgan fingerprint density at radius 2 is 1.05 bits per heavy atom. The molecule has 0 bridgehead atoms. The van der Waals surface area contributed by atoms with Crippen molar-refractivity contribution in [3.05, 3.63) is 0 Å². The normalized spacial score (nSPS) is 26.7. The minimum absolute atomic E-state index is 0.240. The van der Waals surface area contributed by atoms with Crippen molar-refractivity contribution in [2.24, 2.45) is 11.8 Å². The molecule has 2 atom stereocenters. The monoisotopic (exact) mass is 296 g/mol. The lowest BCUT2D eigenvalue weighted by molar-refractivity contribution is -0.128. The van der Waals surface area contributed by atoms with Gasteiger partial charge < -0.3 is 9.80 Å². The molecule has 1 aliphatic carbocycles. The first-order valence-electron chi connectivity index (χ1n) is 8.84. The van der Waals surface area contributed by atoms with Gasteiger partial charge in [0.2, 0.25) is 0 Å². The zero-order valence-corrected chi connectivity index (χ0v) is 14.7. The van der Waals surface area contributed by atoms with Crippen molar-refractivity contribution in [2.75, 3.05) is 41.3 Å². The zero-order chi connectivity index (χ0) is 15.7. The van der Waals surface area contributed by atoms with Gasteiger partial charge in [-0.3, -0.25) is 4.79 Å². The summed E-state index contributed by atoms with van der Waals surface area (Å²) in [6, 6.07) is 0. The summed E-state index contributed by atoms with van der Waals surface area (Å²) in [4.78, 5) is 17.3. The summed E-state index contributed by atoms with van der Waals surface area (Å²) in [7, 11) is 8.35. The Balaban J connectivity index is 2.72. The Hall–Kier alpha value is -0.410. The molecule has 0 heterocycles. The number of carbonyl (C=O) groups excluding carboxylic acids is 1. The van der Waals surface area contributed by atoms with Crippen molar-refractivity contribution < 1.29 is 4.79 Å². The van der Waals surface area contributed by atoms with Crippen molar-refractivity contribution in [1.82, 2.24) is 9.80 Å². The highest BCUT2D eigenvalue weighted by Gasteiger charge is 2.27. The first kappa shape index (κ1) is 18.6. The summed E-state index contributed by atoms with van der Waals surface area (Å²) < 4.78 is 0. The molecule has 21 heavy (non-hydrogen) atoms. The number of rotatable bonds is 4. The van der Waals surface area contributed by atoms with Gasteiger partial charge in [-0.25, -0.2) is 0 Å². The Morgan fingerprint density at radius 1 is 0.714 bits per heavy atom. The maximum absolute atomic E-state index is 13.0. The van der Waals surface area contributed by atoms with E-state index >= 15 is 0 Å². The SMILES string of the molecule is CN(C)C[C@@H]1CCCCCCCCC[C@@H](CN(C)C)C1=O. The summed E-state index contributed by atoms with van der Waals surface area (Å²) in [5.74, 6) is 1.01. The maximum atomic E-state index is 13.0. The molecular formula is C18H36N2O. The molecule has 0 aliphatic heterocycles. The quantitative estimate of drug-likeness (QED) is 0.794. The zero-order valence-electron chi connectivity index (χ0n) is 14.7. The lowest BCUT2D eigenvalue weighted by Crippen LogP contribution is -2.36. The second-order valence-corrected chi connectivity index (χ2v) is 7.37. The van der Waals surface area contributed by atoms with Crippen LogP contribution in [0.3, 0.4) is 0 Å². The van der Waals surface area contributed by atoms with Crippen LogP contribution >= 0.6 is 0 Å². The summed E-state index contributed by atoms with van der Waals surface area (Å²) in [5.41, 5.74) is 0. The smallest absolute Gasteiger partial charge is 0.141 e. The molecule has 0 aromatic heterocycles. The standard InChI is InChI=1S/C18H36N2O/c1-19(2)14-16-12-10-8-6-5-7-9-11-13-17(18(16)21)15-20(3)4/h16-17H,5-15H2,1-4H3/t16-,17-/m0/s1. The number of Topliss-reactive ketones (excluding diaryl/α,β-unsaturated/α-hetero) is 1. The van der Waals surface area contributed by atoms with Crippen LogP contribution in [0.5, 0.6) is 0 Å². The van der Waals surface area contributed by atoms with E-state index in [1.165, 1.54) is 44.9 Å². The molecule has 3 heteroatoms. The predicted molar refractivity (Wildman–Crippen MR) is 90.6 cm³/mol. The molecule has 0 aromatic rings. The van der Waals surface area contributed by atoms with Crippen molar-refractivity contribution in [1.29, 1.82) is 0 Å². The van der Waals surface area contributed by atoms with Crippen LogP contribution in [0.25, 0.3) is 0 Å². The second kappa shape index (κ2) is 10.3. The number of nitrogens with zero attached hydrogens (tertiary/aromatic N) is 2. The van der Waals surface area contributed by atoms with Crippen LogP contribution in [0.15, 0.2) is 0 Å². The summed E-state index contributed by atoms with van der Waals surface area (Å²) >= 11 is 0. The van der Waals surface area contributed by atoms with E-state index in [1.54, 1.807) is 0 Å². The summed E-state index contributed by atoms with van der Waals surface area (Å²) in [6.07, 6.45) is 11.3. The fraction of sp³-hybridized carbons (Fsp3) is 0.944. The van der Waals surface area contributed by atoms with Gasteiger partial charge in [-0.15, -0.1) is 0 Å². The highest BCUT2D eigenvalue weighted by molar-refractivity contribution is 5.83. The van der Waals surface area contributed by atoms with Gasteiger partial charge in [0.05, 0.1) is 0 Å². The molecule has 1 aliphatic rings. The third kappa shape index (κ3) is 7.96. The van der Waals surface area contributed by atoms with E-state index in [4.69, 9.17) is 0 Å². The Bertz CT molecular complexity index is 263. The van der Waals surface area contributed by atoms with Crippen LogP contribution in [-0.2, 0) is 4.79 Å². The minimum Gasteiger partial charge on any atom is -0.309 e. The average Bonchev–Trinajstić information content (AvgIpc) is 2.40. The van der Waals surface area contributed by atoms with Gasteiger partial charge in [-0.05, 0) is 41.0 Å². The van der Waals surface area contributed by atoms with E-state index in [0.29, 0.717) is 5.78 Å². The van der Waals surface area contributed by atoms with Crippen molar-refractivity contribution >= 4 is 5.78 Å². The van der Waals surface area contributed by atoms with E-state index < -0.39 is 0 Å². The Morgan fingerprint density at radius 3 is 1.38 bits per heavy atom. The van der Waals surface area contributed by atoms with E-state index in [9.17, 15) is 4.79 Å².